The highest BCUT2D eigenvalue weighted by Gasteiger charge is 2.47. The van der Waals surface area contributed by atoms with Gasteiger partial charge < -0.3 is 24.3 Å². The Morgan fingerprint density at radius 3 is 2.05 bits per heavy atom. The Morgan fingerprint density at radius 1 is 1.00 bits per heavy atom. The van der Waals surface area contributed by atoms with Crippen LogP contribution in [-0.2, 0) is 5.60 Å². The molecule has 1 unspecified atom stereocenters. The highest BCUT2D eigenvalue weighted by molar-refractivity contribution is 6.78. The number of halogens is 1. The van der Waals surface area contributed by atoms with Crippen LogP contribution in [0, 0.1) is 12.9 Å². The Kier molecular flexibility index (Phi) is 9.43. The van der Waals surface area contributed by atoms with E-state index in [1.54, 1.807) is 6.07 Å². The van der Waals surface area contributed by atoms with Crippen LogP contribution >= 0.6 is 0 Å². The molecule has 1 fully saturated rings. The second-order valence-electron chi connectivity index (χ2n) is 11.5. The molecule has 1 aromatic heterocycles. The highest BCUT2D eigenvalue weighted by atomic mass is 28.4. The smallest absolute Gasteiger partial charge is 0.258 e. The number of aryl methyl sites for hydroxylation is 1. The van der Waals surface area contributed by atoms with Crippen molar-refractivity contribution in [2.24, 2.45) is 0 Å². The van der Waals surface area contributed by atoms with Crippen molar-refractivity contribution in [3.05, 3.63) is 53.1 Å². The Labute approximate surface area is 223 Å². The van der Waals surface area contributed by atoms with Crippen molar-refractivity contribution in [3.8, 4) is 11.5 Å². The third-order valence-corrected chi connectivity index (χ3v) is 14.2. The standard InChI is InChI=1S/C29H45FN2O4Si/c1-19(2)37(20(3)4,21(5)6)36-25-10-9-23(17-22(25)7)24(33)18-32-15-13-29(34,14-16-32)27-12-11-26(35-8)28(30)31-27/h9-12,17,19-21,24,33-34H,13-16,18H2,1-8H3. The fourth-order valence-corrected chi connectivity index (χ4v) is 11.4. The molecule has 0 aliphatic carbocycles. The maximum absolute atomic E-state index is 14.1. The van der Waals surface area contributed by atoms with Gasteiger partial charge in [0.05, 0.1) is 18.9 Å². The number of ether oxygens (including phenoxy) is 1. The predicted octanol–water partition coefficient (Wildman–Crippen LogP) is 6.11. The maximum Gasteiger partial charge on any atom is 0.258 e. The van der Waals surface area contributed by atoms with E-state index in [1.165, 1.54) is 13.2 Å². The molecule has 0 spiro atoms. The number of aliphatic hydroxyl groups is 2. The maximum atomic E-state index is 14.1. The predicted molar refractivity (Wildman–Crippen MR) is 148 cm³/mol. The number of hydrogen-bond acceptors (Lipinski definition) is 6. The first kappa shape index (κ1) is 29.6. The van der Waals surface area contributed by atoms with Crippen LogP contribution in [0.5, 0.6) is 11.5 Å². The summed E-state index contributed by atoms with van der Waals surface area (Å²) in [6.45, 7) is 17.3. The van der Waals surface area contributed by atoms with Gasteiger partial charge in [-0.15, -0.1) is 0 Å². The Hall–Kier alpha value is -2.00. The zero-order chi connectivity index (χ0) is 27.5. The van der Waals surface area contributed by atoms with E-state index >= 15 is 0 Å². The number of benzene rings is 1. The van der Waals surface area contributed by atoms with E-state index in [-0.39, 0.29) is 5.75 Å². The zero-order valence-corrected chi connectivity index (χ0v) is 24.7. The largest absolute Gasteiger partial charge is 0.543 e. The van der Waals surface area contributed by atoms with Gasteiger partial charge in [0, 0.05) is 19.6 Å². The number of rotatable bonds is 10. The first-order valence-corrected chi connectivity index (χ1v) is 15.6. The first-order valence-electron chi connectivity index (χ1n) is 13.5. The summed E-state index contributed by atoms with van der Waals surface area (Å²) >= 11 is 0. The van der Waals surface area contributed by atoms with Crippen LogP contribution in [0.15, 0.2) is 30.3 Å². The molecule has 0 bridgehead atoms. The lowest BCUT2D eigenvalue weighted by atomic mass is 9.87. The normalized spacial score (nSPS) is 17.5. The lowest BCUT2D eigenvalue weighted by Crippen LogP contribution is -2.50. The van der Waals surface area contributed by atoms with Crippen molar-refractivity contribution in [2.75, 3.05) is 26.7 Å². The summed E-state index contributed by atoms with van der Waals surface area (Å²) in [5.74, 6) is 0.260. The van der Waals surface area contributed by atoms with Gasteiger partial charge in [-0.05, 0) is 71.8 Å². The van der Waals surface area contributed by atoms with E-state index < -0.39 is 26.0 Å². The number of piperidine rings is 1. The fraction of sp³-hybridized carbons (Fsp3) is 0.621. The molecule has 3 rings (SSSR count). The highest BCUT2D eigenvalue weighted by Crippen LogP contribution is 2.43. The molecule has 0 amide bonds. The molecular weight excluding hydrogens is 487 g/mol. The lowest BCUT2D eigenvalue weighted by molar-refractivity contribution is -0.0380. The second-order valence-corrected chi connectivity index (χ2v) is 16.9. The third kappa shape index (κ3) is 6.19. The Bertz CT molecular complexity index is 1030. The minimum absolute atomic E-state index is 0.0604. The van der Waals surface area contributed by atoms with Gasteiger partial charge in [0.2, 0.25) is 0 Å². The number of likely N-dealkylation sites (tertiary alicyclic amines) is 1. The average molecular weight is 533 g/mol. The molecular formula is C29H45FN2O4Si. The van der Waals surface area contributed by atoms with Crippen molar-refractivity contribution < 1.29 is 23.8 Å². The second kappa shape index (κ2) is 11.8. The van der Waals surface area contributed by atoms with E-state index in [1.807, 2.05) is 25.1 Å². The number of nitrogens with zero attached hydrogens (tertiary/aromatic N) is 2. The third-order valence-electron chi connectivity index (χ3n) is 8.20. The number of aliphatic hydroxyl groups excluding tert-OH is 1. The molecule has 2 N–H and O–H groups in total. The van der Waals surface area contributed by atoms with Crippen molar-refractivity contribution in [2.45, 2.75) is 89.6 Å². The summed E-state index contributed by atoms with van der Waals surface area (Å²) in [6.07, 6.45) is 0.172. The Balaban J connectivity index is 1.66. The van der Waals surface area contributed by atoms with Gasteiger partial charge in [0.25, 0.3) is 14.3 Å². The SMILES string of the molecule is COc1ccc(C2(O)CCN(CC(O)c3ccc(O[Si](C(C)C)(C(C)C)C(C)C)c(C)c3)CC2)nc1F. The molecule has 0 radical (unpaired) electrons. The van der Waals surface area contributed by atoms with Crippen LogP contribution in [0.3, 0.4) is 0 Å². The summed E-state index contributed by atoms with van der Waals surface area (Å²) in [5.41, 5.74) is 2.48. The van der Waals surface area contributed by atoms with Crippen LogP contribution in [0.1, 0.15) is 77.3 Å². The van der Waals surface area contributed by atoms with Gasteiger partial charge >= 0.3 is 0 Å². The quantitative estimate of drug-likeness (QED) is 0.284. The monoisotopic (exact) mass is 532 g/mol. The van der Waals surface area contributed by atoms with Gasteiger partial charge in [-0.2, -0.15) is 4.39 Å². The summed E-state index contributed by atoms with van der Waals surface area (Å²) in [7, 11) is -0.673. The van der Waals surface area contributed by atoms with Gasteiger partial charge in [-0.1, -0.05) is 47.6 Å². The van der Waals surface area contributed by atoms with Crippen molar-refractivity contribution in [3.63, 3.8) is 0 Å². The summed E-state index contributed by atoms with van der Waals surface area (Å²) in [6, 6.07) is 9.13. The number of aromatic nitrogens is 1. The fourth-order valence-electron chi connectivity index (χ4n) is 6.08. The molecule has 1 aliphatic rings. The summed E-state index contributed by atoms with van der Waals surface area (Å²) in [4.78, 5) is 6.06. The van der Waals surface area contributed by atoms with Gasteiger partial charge in [0.15, 0.2) is 5.75 Å². The molecule has 37 heavy (non-hydrogen) atoms. The van der Waals surface area contributed by atoms with E-state index in [9.17, 15) is 14.6 Å². The number of β-amino-alcohol motifs (C(OH)–C–C–N with tert-alkyl or cyclic N) is 1. The topological polar surface area (TPSA) is 75.1 Å². The first-order chi connectivity index (χ1) is 17.3. The van der Waals surface area contributed by atoms with Crippen molar-refractivity contribution in [1.29, 1.82) is 0 Å². The van der Waals surface area contributed by atoms with Crippen LogP contribution in [-0.4, -0.2) is 55.2 Å². The molecule has 1 saturated heterocycles. The molecule has 1 aliphatic heterocycles. The van der Waals surface area contributed by atoms with Crippen LogP contribution in [0.4, 0.5) is 4.39 Å². The average Bonchev–Trinajstić information content (AvgIpc) is 2.84. The van der Waals surface area contributed by atoms with Crippen LogP contribution in [0.25, 0.3) is 0 Å². The van der Waals surface area contributed by atoms with Crippen LogP contribution in [0.2, 0.25) is 16.6 Å². The van der Waals surface area contributed by atoms with Gasteiger partial charge in [-0.25, -0.2) is 4.98 Å². The minimum atomic E-state index is -2.06. The molecule has 6 nitrogen and oxygen atoms in total. The molecule has 1 atom stereocenters. The molecule has 0 saturated carbocycles. The van der Waals surface area contributed by atoms with E-state index in [0.29, 0.717) is 54.8 Å². The number of methoxy groups -OCH3 is 1. The van der Waals surface area contributed by atoms with E-state index in [0.717, 1.165) is 16.9 Å². The number of hydrogen-bond donors (Lipinski definition) is 2. The molecule has 1 aromatic carbocycles. The zero-order valence-electron chi connectivity index (χ0n) is 23.7. The minimum Gasteiger partial charge on any atom is -0.543 e. The summed E-state index contributed by atoms with van der Waals surface area (Å²) in [5, 5.41) is 22.1. The molecule has 206 valence electrons. The molecule has 2 heterocycles. The molecule has 2 aromatic rings. The lowest BCUT2D eigenvalue weighted by Gasteiger charge is -2.42. The molecule has 8 heteroatoms. The number of pyridine rings is 1. The van der Waals surface area contributed by atoms with Gasteiger partial charge in [0.1, 0.15) is 11.4 Å². The van der Waals surface area contributed by atoms with Gasteiger partial charge in [-0.3, -0.25) is 0 Å². The summed E-state index contributed by atoms with van der Waals surface area (Å²) < 4.78 is 25.9. The van der Waals surface area contributed by atoms with Crippen molar-refractivity contribution in [1.82, 2.24) is 9.88 Å². The van der Waals surface area contributed by atoms with Crippen LogP contribution < -0.4 is 9.16 Å². The Morgan fingerprint density at radius 2 is 1.57 bits per heavy atom. The van der Waals surface area contributed by atoms with E-state index in [2.05, 4.69) is 51.4 Å². The van der Waals surface area contributed by atoms with Crippen molar-refractivity contribution >= 4 is 8.32 Å². The van der Waals surface area contributed by atoms with E-state index in [4.69, 9.17) is 9.16 Å².